The number of fused-ring (bicyclic) bond motifs is 1. The molecule has 0 atom stereocenters. The highest BCUT2D eigenvalue weighted by atomic mass is 16.5. The zero-order valence-electron chi connectivity index (χ0n) is 12.5. The quantitative estimate of drug-likeness (QED) is 0.771. The summed E-state index contributed by atoms with van der Waals surface area (Å²) in [6.07, 6.45) is 1.33. The number of benzene rings is 2. The first-order valence-electron chi connectivity index (χ1n) is 7.19. The average molecular weight is 301 g/mol. The van der Waals surface area contributed by atoms with E-state index in [0.717, 1.165) is 16.5 Å². The van der Waals surface area contributed by atoms with E-state index in [2.05, 4.69) is 5.32 Å². The molecular formula is C17H19NO4. The van der Waals surface area contributed by atoms with Crippen molar-refractivity contribution in [3.8, 4) is 5.75 Å². The monoisotopic (exact) mass is 301 g/mol. The maximum atomic E-state index is 12.3. The first-order valence-corrected chi connectivity index (χ1v) is 7.19. The van der Waals surface area contributed by atoms with E-state index in [4.69, 9.17) is 9.84 Å². The number of nitrogens with one attached hydrogen (secondary N) is 1. The highest BCUT2D eigenvalue weighted by Gasteiger charge is 2.12. The Morgan fingerprint density at radius 3 is 2.50 bits per heavy atom. The Hall–Kier alpha value is -2.56. The van der Waals surface area contributed by atoms with E-state index in [1.807, 2.05) is 24.3 Å². The summed E-state index contributed by atoms with van der Waals surface area (Å²) in [5.74, 6) is -0.240. The molecule has 0 bridgehead atoms. The molecule has 0 saturated heterocycles. The fraction of sp³-hybridized carbons (Fsp3) is 0.294. The highest BCUT2D eigenvalue weighted by Crippen LogP contribution is 2.28. The number of hydrogen-bond donors (Lipinski definition) is 2. The van der Waals surface area contributed by atoms with Crippen LogP contribution in [0.15, 0.2) is 36.4 Å². The van der Waals surface area contributed by atoms with Gasteiger partial charge in [0.15, 0.2) is 0 Å². The van der Waals surface area contributed by atoms with Gasteiger partial charge in [0.05, 0.1) is 7.11 Å². The molecule has 0 aromatic heterocycles. The van der Waals surface area contributed by atoms with Gasteiger partial charge >= 0.3 is 5.97 Å². The lowest BCUT2D eigenvalue weighted by molar-refractivity contribution is -0.137. The predicted molar refractivity (Wildman–Crippen MR) is 84.3 cm³/mol. The minimum atomic E-state index is -0.813. The van der Waals surface area contributed by atoms with Crippen molar-refractivity contribution in [2.45, 2.75) is 19.3 Å². The number of hydrogen-bond acceptors (Lipinski definition) is 3. The topological polar surface area (TPSA) is 75.6 Å². The molecule has 2 N–H and O–H groups in total. The molecule has 0 saturated carbocycles. The van der Waals surface area contributed by atoms with Gasteiger partial charge in [-0.05, 0) is 30.4 Å². The van der Waals surface area contributed by atoms with Gasteiger partial charge in [0.1, 0.15) is 5.75 Å². The van der Waals surface area contributed by atoms with Crippen LogP contribution in [-0.2, 0) is 4.79 Å². The van der Waals surface area contributed by atoms with Crippen LogP contribution in [0.25, 0.3) is 10.8 Å². The molecule has 22 heavy (non-hydrogen) atoms. The van der Waals surface area contributed by atoms with Gasteiger partial charge < -0.3 is 15.2 Å². The summed E-state index contributed by atoms with van der Waals surface area (Å²) in [6, 6.07) is 11.1. The van der Waals surface area contributed by atoms with Gasteiger partial charge in [0, 0.05) is 23.9 Å². The van der Waals surface area contributed by atoms with E-state index in [1.165, 1.54) is 0 Å². The summed E-state index contributed by atoms with van der Waals surface area (Å²) in [4.78, 5) is 22.7. The van der Waals surface area contributed by atoms with Crippen LogP contribution in [0, 0.1) is 0 Å². The number of ether oxygens (including phenoxy) is 1. The number of carboxylic acids is 1. The number of aliphatic carboxylic acids is 1. The Labute approximate surface area is 128 Å². The molecule has 1 amide bonds. The number of unbranched alkanes of at least 4 members (excludes halogenated alkanes) is 1. The highest BCUT2D eigenvalue weighted by molar-refractivity contribution is 6.08. The summed E-state index contributed by atoms with van der Waals surface area (Å²) in [7, 11) is 1.60. The van der Waals surface area contributed by atoms with Crippen molar-refractivity contribution in [3.63, 3.8) is 0 Å². The molecule has 2 aromatic carbocycles. The molecule has 5 heteroatoms. The molecule has 0 spiro atoms. The number of amides is 1. The molecule has 0 fully saturated rings. The average Bonchev–Trinajstić information content (AvgIpc) is 2.53. The summed E-state index contributed by atoms with van der Waals surface area (Å²) in [6.45, 7) is 0.465. The maximum Gasteiger partial charge on any atom is 0.303 e. The Bertz CT molecular complexity index is 681. The number of carbonyl (C=O) groups excluding carboxylic acids is 1. The smallest absolute Gasteiger partial charge is 0.303 e. The Kier molecular flexibility index (Phi) is 5.36. The van der Waals surface area contributed by atoms with E-state index in [1.54, 1.807) is 19.2 Å². The summed E-state index contributed by atoms with van der Waals surface area (Å²) in [5.41, 5.74) is 0.592. The van der Waals surface area contributed by atoms with Gasteiger partial charge in [0.25, 0.3) is 5.91 Å². The number of carboxylic acid groups (broad SMARTS) is 1. The van der Waals surface area contributed by atoms with Gasteiger partial charge in [-0.2, -0.15) is 0 Å². The number of methoxy groups -OCH3 is 1. The number of rotatable bonds is 7. The molecule has 116 valence electrons. The van der Waals surface area contributed by atoms with Crippen molar-refractivity contribution in [3.05, 3.63) is 42.0 Å². The Morgan fingerprint density at radius 1 is 1.09 bits per heavy atom. The molecule has 2 aromatic rings. The first kappa shape index (κ1) is 15.8. The van der Waals surface area contributed by atoms with Crippen LogP contribution in [-0.4, -0.2) is 30.6 Å². The van der Waals surface area contributed by atoms with Gasteiger partial charge in [-0.25, -0.2) is 0 Å². The largest absolute Gasteiger partial charge is 0.496 e. The van der Waals surface area contributed by atoms with Crippen molar-refractivity contribution in [2.75, 3.05) is 13.7 Å². The fourth-order valence-corrected chi connectivity index (χ4v) is 2.35. The Morgan fingerprint density at radius 2 is 1.82 bits per heavy atom. The van der Waals surface area contributed by atoms with Crippen LogP contribution in [0.3, 0.4) is 0 Å². The second-order valence-electron chi connectivity index (χ2n) is 4.97. The minimum Gasteiger partial charge on any atom is -0.496 e. The zero-order valence-corrected chi connectivity index (χ0v) is 12.5. The molecule has 2 rings (SSSR count). The van der Waals surface area contributed by atoms with Crippen LogP contribution in [0.2, 0.25) is 0 Å². The van der Waals surface area contributed by atoms with E-state index in [0.29, 0.717) is 24.9 Å². The minimum absolute atomic E-state index is 0.126. The normalized spacial score (nSPS) is 10.4. The van der Waals surface area contributed by atoms with Crippen LogP contribution in [0.1, 0.15) is 29.6 Å². The lowest BCUT2D eigenvalue weighted by Crippen LogP contribution is -2.24. The van der Waals surface area contributed by atoms with Crippen molar-refractivity contribution in [1.82, 2.24) is 5.32 Å². The lowest BCUT2D eigenvalue weighted by atomic mass is 10.0. The van der Waals surface area contributed by atoms with Crippen LogP contribution in [0.5, 0.6) is 5.75 Å². The molecule has 0 aliphatic heterocycles. The Balaban J connectivity index is 2.07. The van der Waals surface area contributed by atoms with Gasteiger partial charge in [-0.15, -0.1) is 0 Å². The summed E-state index contributed by atoms with van der Waals surface area (Å²) < 4.78 is 5.31. The second kappa shape index (κ2) is 7.45. The summed E-state index contributed by atoms with van der Waals surface area (Å²) >= 11 is 0. The fourth-order valence-electron chi connectivity index (χ4n) is 2.35. The van der Waals surface area contributed by atoms with Gasteiger partial charge in [-0.1, -0.05) is 24.3 Å². The predicted octanol–water partition coefficient (Wildman–Crippen LogP) is 2.83. The lowest BCUT2D eigenvalue weighted by Gasteiger charge is -2.10. The van der Waals surface area contributed by atoms with Crippen molar-refractivity contribution >= 4 is 22.6 Å². The summed E-state index contributed by atoms with van der Waals surface area (Å²) in [5, 5.41) is 13.1. The molecule has 0 unspecified atom stereocenters. The molecule has 5 nitrogen and oxygen atoms in total. The molecule has 0 radical (unpaired) electrons. The number of carbonyl (C=O) groups is 2. The third-order valence-electron chi connectivity index (χ3n) is 3.45. The van der Waals surface area contributed by atoms with Crippen molar-refractivity contribution < 1.29 is 19.4 Å². The van der Waals surface area contributed by atoms with Crippen LogP contribution >= 0.6 is 0 Å². The third-order valence-corrected chi connectivity index (χ3v) is 3.45. The molecule has 0 aliphatic carbocycles. The first-order chi connectivity index (χ1) is 10.6. The zero-order chi connectivity index (χ0) is 15.9. The molecule has 0 heterocycles. The van der Waals surface area contributed by atoms with Crippen molar-refractivity contribution in [1.29, 1.82) is 0 Å². The van der Waals surface area contributed by atoms with Gasteiger partial charge in [0.2, 0.25) is 0 Å². The van der Waals surface area contributed by atoms with E-state index < -0.39 is 5.97 Å². The van der Waals surface area contributed by atoms with E-state index in [-0.39, 0.29) is 12.3 Å². The molecular weight excluding hydrogens is 282 g/mol. The SMILES string of the molecule is COc1ccc(C(=O)NCCCCC(=O)O)c2ccccc12. The third kappa shape index (κ3) is 3.75. The van der Waals surface area contributed by atoms with Crippen LogP contribution < -0.4 is 10.1 Å². The van der Waals surface area contributed by atoms with Crippen molar-refractivity contribution in [2.24, 2.45) is 0 Å². The maximum absolute atomic E-state index is 12.3. The van der Waals surface area contributed by atoms with Gasteiger partial charge in [-0.3, -0.25) is 9.59 Å². The van der Waals surface area contributed by atoms with Crippen LogP contribution in [0.4, 0.5) is 0 Å². The molecule has 0 aliphatic rings. The standard InChI is InChI=1S/C17H19NO4/c1-22-15-10-9-14(12-6-2-3-7-13(12)15)17(21)18-11-5-4-8-16(19)20/h2-3,6-7,9-10H,4-5,8,11H2,1H3,(H,18,21)(H,19,20). The van der Waals surface area contributed by atoms with E-state index >= 15 is 0 Å². The second-order valence-corrected chi connectivity index (χ2v) is 4.97. The van der Waals surface area contributed by atoms with E-state index in [9.17, 15) is 9.59 Å².